The number of fused-ring (bicyclic) bond motifs is 1. The summed E-state index contributed by atoms with van der Waals surface area (Å²) in [6.45, 7) is 0. The fraction of sp³-hybridized carbons (Fsp3) is 0.158. The highest BCUT2D eigenvalue weighted by Crippen LogP contribution is 2.44. The first-order valence-electron chi connectivity index (χ1n) is 8.38. The van der Waals surface area contributed by atoms with Gasteiger partial charge < -0.3 is 5.32 Å². The van der Waals surface area contributed by atoms with E-state index in [2.05, 4.69) is 20.5 Å². The molecule has 1 aliphatic rings. The van der Waals surface area contributed by atoms with E-state index in [1.165, 1.54) is 12.8 Å². The normalized spacial score (nSPS) is 13.9. The molecule has 0 unspecified atom stereocenters. The van der Waals surface area contributed by atoms with Crippen LogP contribution in [0.25, 0.3) is 16.8 Å². The number of nitrogens with one attached hydrogen (secondary N) is 1. The standard InChI is InChI=1S/C19H16N6/c1-2-5-14(6-3-1)22-19-20-12-10-15(23-19)17-16-7-4-11-21-25(16)24-18(17)13-8-9-13/h1-7,10-13H,8-9H2,(H,20,22,23). The zero-order valence-electron chi connectivity index (χ0n) is 13.5. The highest BCUT2D eigenvalue weighted by atomic mass is 15.4. The Morgan fingerprint density at radius 3 is 2.68 bits per heavy atom. The van der Waals surface area contributed by atoms with Crippen LogP contribution in [0.5, 0.6) is 0 Å². The van der Waals surface area contributed by atoms with E-state index in [0.29, 0.717) is 11.9 Å². The second kappa shape index (κ2) is 5.66. The summed E-state index contributed by atoms with van der Waals surface area (Å²) in [7, 11) is 0. The lowest BCUT2D eigenvalue weighted by Gasteiger charge is -2.07. The van der Waals surface area contributed by atoms with Crippen LogP contribution in [-0.2, 0) is 0 Å². The molecule has 25 heavy (non-hydrogen) atoms. The number of nitrogens with zero attached hydrogens (tertiary/aromatic N) is 5. The van der Waals surface area contributed by atoms with Gasteiger partial charge in [-0.1, -0.05) is 18.2 Å². The van der Waals surface area contributed by atoms with Gasteiger partial charge in [0.15, 0.2) is 0 Å². The van der Waals surface area contributed by atoms with Gasteiger partial charge >= 0.3 is 0 Å². The molecule has 4 aromatic rings. The first-order valence-corrected chi connectivity index (χ1v) is 8.38. The second-order valence-corrected chi connectivity index (χ2v) is 6.19. The van der Waals surface area contributed by atoms with Crippen LogP contribution in [0.15, 0.2) is 60.9 Å². The van der Waals surface area contributed by atoms with Crippen LogP contribution in [0.1, 0.15) is 24.5 Å². The summed E-state index contributed by atoms with van der Waals surface area (Å²) in [6, 6.07) is 15.8. The van der Waals surface area contributed by atoms with Gasteiger partial charge in [-0.05, 0) is 43.2 Å². The van der Waals surface area contributed by atoms with Gasteiger partial charge in [-0.2, -0.15) is 14.8 Å². The molecule has 0 saturated heterocycles. The Labute approximate surface area is 144 Å². The minimum Gasteiger partial charge on any atom is -0.324 e. The Bertz CT molecular complexity index is 1040. The zero-order chi connectivity index (χ0) is 16.6. The van der Waals surface area contributed by atoms with E-state index in [-0.39, 0.29) is 0 Å². The number of benzene rings is 1. The van der Waals surface area contributed by atoms with Gasteiger partial charge in [0.05, 0.1) is 22.5 Å². The molecule has 0 radical (unpaired) electrons. The molecule has 1 saturated carbocycles. The lowest BCUT2D eigenvalue weighted by atomic mass is 10.1. The lowest BCUT2D eigenvalue weighted by Crippen LogP contribution is -1.98. The zero-order valence-corrected chi connectivity index (χ0v) is 13.5. The van der Waals surface area contributed by atoms with Crippen molar-refractivity contribution in [2.75, 3.05) is 5.32 Å². The number of rotatable bonds is 4. The maximum Gasteiger partial charge on any atom is 0.227 e. The van der Waals surface area contributed by atoms with Crippen LogP contribution in [-0.4, -0.2) is 24.8 Å². The third-order valence-electron chi connectivity index (χ3n) is 4.35. The number of aromatic nitrogens is 5. The minimum absolute atomic E-state index is 0.511. The summed E-state index contributed by atoms with van der Waals surface area (Å²) in [4.78, 5) is 9.08. The molecule has 0 bridgehead atoms. The van der Waals surface area contributed by atoms with Crippen LogP contribution in [0.2, 0.25) is 0 Å². The van der Waals surface area contributed by atoms with Crippen molar-refractivity contribution >= 4 is 17.2 Å². The largest absolute Gasteiger partial charge is 0.324 e. The maximum absolute atomic E-state index is 4.73. The number of para-hydroxylation sites is 1. The van der Waals surface area contributed by atoms with E-state index in [1.54, 1.807) is 17.0 Å². The predicted molar refractivity (Wildman–Crippen MR) is 95.7 cm³/mol. The Morgan fingerprint density at radius 1 is 0.960 bits per heavy atom. The molecular formula is C19H16N6. The summed E-state index contributed by atoms with van der Waals surface area (Å²) in [5.41, 5.74) is 4.97. The van der Waals surface area contributed by atoms with Crippen LogP contribution in [0, 0.1) is 0 Å². The van der Waals surface area contributed by atoms with E-state index in [4.69, 9.17) is 4.98 Å². The fourth-order valence-electron chi connectivity index (χ4n) is 3.02. The minimum atomic E-state index is 0.511. The first-order chi connectivity index (χ1) is 12.4. The van der Waals surface area contributed by atoms with Crippen LogP contribution >= 0.6 is 0 Å². The highest BCUT2D eigenvalue weighted by molar-refractivity contribution is 5.81. The molecule has 0 amide bonds. The molecule has 1 N–H and O–H groups in total. The smallest absolute Gasteiger partial charge is 0.227 e. The van der Waals surface area contributed by atoms with E-state index < -0.39 is 0 Å². The predicted octanol–water partition coefficient (Wildman–Crippen LogP) is 3.81. The fourth-order valence-corrected chi connectivity index (χ4v) is 3.02. The van der Waals surface area contributed by atoms with Crippen molar-refractivity contribution in [3.05, 3.63) is 66.6 Å². The first kappa shape index (κ1) is 14.1. The molecule has 1 aromatic carbocycles. The third-order valence-corrected chi connectivity index (χ3v) is 4.35. The van der Waals surface area contributed by atoms with Gasteiger partial charge in [0.2, 0.25) is 5.95 Å². The molecule has 1 fully saturated rings. The lowest BCUT2D eigenvalue weighted by molar-refractivity contribution is 0.773. The van der Waals surface area contributed by atoms with Gasteiger partial charge in [-0.3, -0.25) is 0 Å². The average Bonchev–Trinajstić information content (AvgIpc) is 3.43. The number of hydrogen-bond acceptors (Lipinski definition) is 5. The Morgan fingerprint density at radius 2 is 1.84 bits per heavy atom. The van der Waals surface area contributed by atoms with Crippen molar-refractivity contribution in [2.24, 2.45) is 0 Å². The summed E-state index contributed by atoms with van der Waals surface area (Å²) in [5, 5.41) is 12.3. The van der Waals surface area contributed by atoms with Crippen LogP contribution in [0.4, 0.5) is 11.6 Å². The molecule has 6 heteroatoms. The van der Waals surface area contributed by atoms with Crippen molar-refractivity contribution in [3.63, 3.8) is 0 Å². The summed E-state index contributed by atoms with van der Waals surface area (Å²) in [5.74, 6) is 1.09. The summed E-state index contributed by atoms with van der Waals surface area (Å²) >= 11 is 0. The molecule has 5 rings (SSSR count). The maximum atomic E-state index is 4.73. The Hall–Kier alpha value is -3.28. The van der Waals surface area contributed by atoms with E-state index in [1.807, 2.05) is 48.5 Å². The van der Waals surface area contributed by atoms with E-state index >= 15 is 0 Å². The van der Waals surface area contributed by atoms with Gasteiger partial charge in [0, 0.05) is 24.0 Å². The van der Waals surface area contributed by atoms with E-state index in [0.717, 1.165) is 28.2 Å². The van der Waals surface area contributed by atoms with Crippen molar-refractivity contribution < 1.29 is 0 Å². The highest BCUT2D eigenvalue weighted by Gasteiger charge is 2.31. The summed E-state index contributed by atoms with van der Waals surface area (Å²) < 4.78 is 1.70. The van der Waals surface area contributed by atoms with Crippen molar-refractivity contribution in [2.45, 2.75) is 18.8 Å². The van der Waals surface area contributed by atoms with Gasteiger partial charge in [0.25, 0.3) is 0 Å². The van der Waals surface area contributed by atoms with Gasteiger partial charge in [0.1, 0.15) is 0 Å². The monoisotopic (exact) mass is 328 g/mol. The number of hydrogen-bond donors (Lipinski definition) is 1. The van der Waals surface area contributed by atoms with E-state index in [9.17, 15) is 0 Å². The average molecular weight is 328 g/mol. The molecular weight excluding hydrogens is 312 g/mol. The SMILES string of the molecule is c1ccc(Nc2nccc(-c3c(C4CC4)nn4ncccc34)n2)cc1. The van der Waals surface area contributed by atoms with Crippen molar-refractivity contribution in [1.82, 2.24) is 24.8 Å². The van der Waals surface area contributed by atoms with Crippen LogP contribution in [0.3, 0.4) is 0 Å². The topological polar surface area (TPSA) is 68.0 Å². The van der Waals surface area contributed by atoms with Gasteiger partial charge in [-0.15, -0.1) is 0 Å². The van der Waals surface area contributed by atoms with Crippen LogP contribution < -0.4 is 5.32 Å². The number of anilines is 2. The molecule has 122 valence electrons. The van der Waals surface area contributed by atoms with Crippen molar-refractivity contribution in [1.29, 1.82) is 0 Å². The molecule has 0 aliphatic heterocycles. The molecule has 0 spiro atoms. The quantitative estimate of drug-likeness (QED) is 0.617. The second-order valence-electron chi connectivity index (χ2n) is 6.19. The summed E-state index contributed by atoms with van der Waals surface area (Å²) in [6.07, 6.45) is 5.89. The third kappa shape index (κ3) is 2.61. The molecule has 0 atom stereocenters. The molecule has 6 nitrogen and oxygen atoms in total. The molecule has 1 aliphatic carbocycles. The Kier molecular flexibility index (Phi) is 3.19. The molecule has 3 heterocycles. The Balaban J connectivity index is 1.61. The molecule has 3 aromatic heterocycles. The van der Waals surface area contributed by atoms with Gasteiger partial charge in [-0.25, -0.2) is 9.97 Å². The van der Waals surface area contributed by atoms with Crippen molar-refractivity contribution in [3.8, 4) is 11.3 Å².